The van der Waals surface area contributed by atoms with E-state index in [-0.39, 0.29) is 0 Å². The predicted molar refractivity (Wildman–Crippen MR) is 89.1 cm³/mol. The lowest BCUT2D eigenvalue weighted by molar-refractivity contribution is 0.0598. The van der Waals surface area contributed by atoms with Gasteiger partial charge in [-0.25, -0.2) is 4.79 Å². The molecule has 2 heterocycles. The third-order valence-corrected chi connectivity index (χ3v) is 4.33. The third-order valence-electron chi connectivity index (χ3n) is 4.33. The monoisotopic (exact) mass is 328 g/mol. The molecule has 3 rings (SSSR count). The number of hydrogen-bond acceptors (Lipinski definition) is 5. The highest BCUT2D eigenvalue weighted by atomic mass is 16.5. The fraction of sp³-hybridized carbons (Fsp3) is 0.333. The summed E-state index contributed by atoms with van der Waals surface area (Å²) >= 11 is 0. The molecule has 0 bridgehead atoms. The summed E-state index contributed by atoms with van der Waals surface area (Å²) in [7, 11) is 1.35. The van der Waals surface area contributed by atoms with Gasteiger partial charge < -0.3 is 19.8 Å². The number of benzene rings is 1. The first-order valence-corrected chi connectivity index (χ1v) is 7.85. The molecule has 0 atom stereocenters. The number of furan rings is 1. The molecule has 1 aromatic heterocycles. The standard InChI is InChI=1S/C18H20N2O4/c1-11-15(18(22)23-2)9-12(24-11)10-20-8-4-6-13-14(17(19)21)5-3-7-16(13)20/h3,5,7,9H,4,6,8,10H2,1-2H3,(H2,19,21). The SMILES string of the molecule is COC(=O)c1cc(CN2CCCc3c(C(N)=O)cccc32)oc1C. The first-order chi connectivity index (χ1) is 11.5. The Bertz CT molecular complexity index is 794. The van der Waals surface area contributed by atoms with Crippen LogP contribution < -0.4 is 10.6 Å². The van der Waals surface area contributed by atoms with E-state index in [1.54, 1.807) is 19.1 Å². The number of rotatable bonds is 4. The number of ether oxygens (including phenoxy) is 1. The summed E-state index contributed by atoms with van der Waals surface area (Å²) in [4.78, 5) is 25.5. The van der Waals surface area contributed by atoms with Crippen molar-refractivity contribution in [2.75, 3.05) is 18.6 Å². The van der Waals surface area contributed by atoms with Crippen molar-refractivity contribution in [3.63, 3.8) is 0 Å². The van der Waals surface area contributed by atoms with Crippen molar-refractivity contribution in [1.29, 1.82) is 0 Å². The molecule has 0 saturated heterocycles. The van der Waals surface area contributed by atoms with Gasteiger partial charge in [-0.1, -0.05) is 6.07 Å². The van der Waals surface area contributed by atoms with Crippen LogP contribution in [0.25, 0.3) is 0 Å². The highest BCUT2D eigenvalue weighted by molar-refractivity contribution is 5.96. The van der Waals surface area contributed by atoms with Crippen LogP contribution in [0.5, 0.6) is 0 Å². The Hall–Kier alpha value is -2.76. The molecule has 0 saturated carbocycles. The number of aryl methyl sites for hydroxylation is 1. The third kappa shape index (κ3) is 2.87. The number of nitrogens with zero attached hydrogens (tertiary/aromatic N) is 1. The number of fused-ring (bicyclic) bond motifs is 1. The van der Waals surface area contributed by atoms with Gasteiger partial charge in [0, 0.05) is 17.8 Å². The molecule has 0 spiro atoms. The first-order valence-electron chi connectivity index (χ1n) is 7.85. The molecular formula is C18H20N2O4. The average molecular weight is 328 g/mol. The van der Waals surface area contributed by atoms with Crippen molar-refractivity contribution in [1.82, 2.24) is 0 Å². The van der Waals surface area contributed by atoms with E-state index >= 15 is 0 Å². The Morgan fingerprint density at radius 3 is 2.83 bits per heavy atom. The van der Waals surface area contributed by atoms with Crippen LogP contribution in [-0.2, 0) is 17.7 Å². The summed E-state index contributed by atoms with van der Waals surface area (Å²) in [6, 6.07) is 7.30. The van der Waals surface area contributed by atoms with E-state index in [0.717, 1.165) is 30.6 Å². The van der Waals surface area contributed by atoms with Crippen molar-refractivity contribution >= 4 is 17.6 Å². The number of esters is 1. The Labute approximate surface area is 140 Å². The maximum Gasteiger partial charge on any atom is 0.341 e. The Kier molecular flexibility index (Phi) is 4.29. The van der Waals surface area contributed by atoms with E-state index in [0.29, 0.717) is 29.2 Å². The van der Waals surface area contributed by atoms with Gasteiger partial charge in [-0.15, -0.1) is 0 Å². The second kappa shape index (κ2) is 6.39. The number of carbonyl (C=O) groups excluding carboxylic acids is 2. The molecule has 0 radical (unpaired) electrons. The van der Waals surface area contributed by atoms with Gasteiger partial charge in [-0.3, -0.25) is 4.79 Å². The molecule has 1 aromatic carbocycles. The van der Waals surface area contributed by atoms with Crippen LogP contribution in [0.2, 0.25) is 0 Å². The normalized spacial score (nSPS) is 13.5. The molecule has 1 aliphatic heterocycles. The summed E-state index contributed by atoms with van der Waals surface area (Å²) in [6.45, 7) is 3.11. The summed E-state index contributed by atoms with van der Waals surface area (Å²) in [6.07, 6.45) is 1.76. The van der Waals surface area contributed by atoms with Gasteiger partial charge >= 0.3 is 5.97 Å². The van der Waals surface area contributed by atoms with Crippen molar-refractivity contribution in [3.05, 3.63) is 52.5 Å². The van der Waals surface area contributed by atoms with E-state index in [2.05, 4.69) is 4.90 Å². The minimum absolute atomic E-state index is 0.405. The molecule has 0 fully saturated rings. The molecule has 1 amide bonds. The number of carbonyl (C=O) groups is 2. The lowest BCUT2D eigenvalue weighted by atomic mass is 9.96. The van der Waals surface area contributed by atoms with Crippen molar-refractivity contribution in [2.24, 2.45) is 5.73 Å². The highest BCUT2D eigenvalue weighted by Crippen LogP contribution is 2.31. The summed E-state index contributed by atoms with van der Waals surface area (Å²) in [5.41, 5.74) is 8.46. The maximum atomic E-state index is 11.7. The Morgan fingerprint density at radius 2 is 2.12 bits per heavy atom. The van der Waals surface area contributed by atoms with Gasteiger partial charge in [0.2, 0.25) is 5.91 Å². The van der Waals surface area contributed by atoms with Crippen LogP contribution in [0, 0.1) is 6.92 Å². The van der Waals surface area contributed by atoms with E-state index in [1.165, 1.54) is 7.11 Å². The highest BCUT2D eigenvalue weighted by Gasteiger charge is 2.23. The van der Waals surface area contributed by atoms with Crippen LogP contribution in [0.4, 0.5) is 5.69 Å². The minimum atomic E-state index is -0.407. The van der Waals surface area contributed by atoms with Crippen LogP contribution in [0.1, 0.15) is 44.2 Å². The van der Waals surface area contributed by atoms with Crippen LogP contribution in [-0.4, -0.2) is 25.5 Å². The van der Waals surface area contributed by atoms with Crippen molar-refractivity contribution < 1.29 is 18.7 Å². The average Bonchev–Trinajstić information content (AvgIpc) is 2.94. The zero-order valence-electron chi connectivity index (χ0n) is 13.8. The second-order valence-electron chi connectivity index (χ2n) is 5.87. The van der Waals surface area contributed by atoms with E-state index in [1.807, 2.05) is 12.1 Å². The van der Waals surface area contributed by atoms with Crippen molar-refractivity contribution in [3.8, 4) is 0 Å². The molecule has 2 N–H and O–H groups in total. The smallest absolute Gasteiger partial charge is 0.341 e. The Balaban J connectivity index is 1.90. The number of primary amides is 1. The van der Waals surface area contributed by atoms with E-state index in [4.69, 9.17) is 14.9 Å². The maximum absolute atomic E-state index is 11.7. The molecule has 0 aliphatic carbocycles. The van der Waals surface area contributed by atoms with Gasteiger partial charge in [0.15, 0.2) is 0 Å². The summed E-state index contributed by atoms with van der Waals surface area (Å²) in [5.74, 6) is 0.415. The number of hydrogen-bond donors (Lipinski definition) is 1. The molecule has 24 heavy (non-hydrogen) atoms. The number of amides is 1. The number of methoxy groups -OCH3 is 1. The summed E-state index contributed by atoms with van der Waals surface area (Å²) in [5, 5.41) is 0. The van der Waals surface area contributed by atoms with E-state index < -0.39 is 11.9 Å². The van der Waals surface area contributed by atoms with E-state index in [9.17, 15) is 9.59 Å². The van der Waals surface area contributed by atoms with Crippen LogP contribution >= 0.6 is 0 Å². The van der Waals surface area contributed by atoms with Crippen molar-refractivity contribution in [2.45, 2.75) is 26.3 Å². The van der Waals surface area contributed by atoms with Crippen LogP contribution in [0.15, 0.2) is 28.7 Å². The quantitative estimate of drug-likeness (QED) is 0.871. The van der Waals surface area contributed by atoms with Gasteiger partial charge in [0.25, 0.3) is 0 Å². The first kappa shape index (κ1) is 16.1. The molecule has 6 nitrogen and oxygen atoms in total. The van der Waals surface area contributed by atoms with Gasteiger partial charge in [0.1, 0.15) is 17.1 Å². The zero-order valence-corrected chi connectivity index (χ0v) is 13.8. The molecule has 126 valence electrons. The lowest BCUT2D eigenvalue weighted by Gasteiger charge is -2.31. The fourth-order valence-electron chi connectivity index (χ4n) is 3.22. The topological polar surface area (TPSA) is 85.8 Å². The molecule has 1 aliphatic rings. The number of anilines is 1. The fourth-order valence-corrected chi connectivity index (χ4v) is 3.22. The predicted octanol–water partition coefficient (Wildman–Crippen LogP) is 2.43. The lowest BCUT2D eigenvalue weighted by Crippen LogP contribution is -2.30. The molecule has 6 heteroatoms. The summed E-state index contributed by atoms with van der Waals surface area (Å²) < 4.78 is 10.5. The molecule has 2 aromatic rings. The number of nitrogens with two attached hydrogens (primary N) is 1. The molecular weight excluding hydrogens is 308 g/mol. The molecule has 0 unspecified atom stereocenters. The van der Waals surface area contributed by atoms with Crippen LogP contribution in [0.3, 0.4) is 0 Å². The largest absolute Gasteiger partial charge is 0.465 e. The van der Waals surface area contributed by atoms with Gasteiger partial charge in [-0.05, 0) is 43.5 Å². The van der Waals surface area contributed by atoms with Gasteiger partial charge in [-0.2, -0.15) is 0 Å². The second-order valence-corrected chi connectivity index (χ2v) is 5.87. The van der Waals surface area contributed by atoms with Gasteiger partial charge in [0.05, 0.1) is 13.7 Å². The zero-order chi connectivity index (χ0) is 17.3. The Morgan fingerprint density at radius 1 is 1.33 bits per heavy atom. The minimum Gasteiger partial charge on any atom is -0.465 e.